The largest absolute Gasteiger partial charge is 0.330 e. The molecule has 0 heterocycles. The van der Waals surface area contributed by atoms with Crippen LogP contribution in [-0.2, 0) is 10.2 Å². The van der Waals surface area contributed by atoms with Gasteiger partial charge < -0.3 is 5.73 Å². The standard InChI is InChI=1S/C7H17N3O2S/c1-10(2)13(11,12)9-6-7(5-8)3-4-7/h9H,3-6,8H2,1-2H3. The Morgan fingerprint density at radius 2 is 2.00 bits per heavy atom. The Bertz CT molecular complexity index is 269. The van der Waals surface area contributed by atoms with Gasteiger partial charge in [-0.3, -0.25) is 0 Å². The van der Waals surface area contributed by atoms with Crippen LogP contribution in [0.4, 0.5) is 0 Å². The van der Waals surface area contributed by atoms with Crippen molar-refractivity contribution in [2.75, 3.05) is 27.2 Å². The fourth-order valence-electron chi connectivity index (χ4n) is 1.00. The zero-order valence-electron chi connectivity index (χ0n) is 8.08. The van der Waals surface area contributed by atoms with Gasteiger partial charge in [0.25, 0.3) is 10.2 Å². The first-order chi connectivity index (χ1) is 5.92. The third kappa shape index (κ3) is 2.63. The van der Waals surface area contributed by atoms with Gasteiger partial charge in [0.15, 0.2) is 0 Å². The van der Waals surface area contributed by atoms with E-state index in [9.17, 15) is 8.42 Å². The number of rotatable bonds is 5. The summed E-state index contributed by atoms with van der Waals surface area (Å²) in [6.45, 7) is 1.02. The molecular formula is C7H17N3O2S. The molecule has 1 aliphatic rings. The Labute approximate surface area is 79.5 Å². The molecule has 3 N–H and O–H groups in total. The molecule has 0 unspecified atom stereocenters. The molecule has 0 amide bonds. The molecule has 0 radical (unpaired) electrons. The maximum absolute atomic E-state index is 11.3. The summed E-state index contributed by atoms with van der Waals surface area (Å²) in [6, 6.07) is 0. The molecule has 78 valence electrons. The molecule has 0 aromatic rings. The van der Waals surface area contributed by atoms with Crippen LogP contribution >= 0.6 is 0 Å². The highest BCUT2D eigenvalue weighted by Gasteiger charge is 2.41. The van der Waals surface area contributed by atoms with Crippen LogP contribution in [0.3, 0.4) is 0 Å². The van der Waals surface area contributed by atoms with E-state index >= 15 is 0 Å². The number of hydrogen-bond acceptors (Lipinski definition) is 3. The molecule has 0 aromatic heterocycles. The van der Waals surface area contributed by atoms with Crippen molar-refractivity contribution >= 4 is 10.2 Å². The van der Waals surface area contributed by atoms with Crippen molar-refractivity contribution < 1.29 is 8.42 Å². The van der Waals surface area contributed by atoms with E-state index < -0.39 is 10.2 Å². The highest BCUT2D eigenvalue weighted by molar-refractivity contribution is 7.87. The van der Waals surface area contributed by atoms with Crippen LogP contribution < -0.4 is 10.5 Å². The molecule has 0 saturated heterocycles. The smallest absolute Gasteiger partial charge is 0.278 e. The number of nitrogens with zero attached hydrogens (tertiary/aromatic N) is 1. The zero-order valence-corrected chi connectivity index (χ0v) is 8.89. The summed E-state index contributed by atoms with van der Waals surface area (Å²) in [5, 5.41) is 0. The fourth-order valence-corrected chi connectivity index (χ4v) is 1.75. The molecular weight excluding hydrogens is 190 g/mol. The first-order valence-corrected chi connectivity index (χ1v) is 5.73. The van der Waals surface area contributed by atoms with Gasteiger partial charge in [0.05, 0.1) is 0 Å². The molecule has 6 heteroatoms. The summed E-state index contributed by atoms with van der Waals surface area (Å²) in [5.41, 5.74) is 5.57. The molecule has 0 aliphatic heterocycles. The van der Waals surface area contributed by atoms with Crippen LogP contribution in [0.2, 0.25) is 0 Å². The third-order valence-electron chi connectivity index (χ3n) is 2.50. The van der Waals surface area contributed by atoms with Crippen molar-refractivity contribution in [1.29, 1.82) is 0 Å². The minimum atomic E-state index is -3.27. The highest BCUT2D eigenvalue weighted by Crippen LogP contribution is 2.43. The number of nitrogens with one attached hydrogen (secondary N) is 1. The molecule has 0 aromatic carbocycles. The maximum atomic E-state index is 11.3. The predicted octanol–water partition coefficient (Wildman–Crippen LogP) is -0.879. The Morgan fingerprint density at radius 3 is 2.31 bits per heavy atom. The van der Waals surface area contributed by atoms with Crippen LogP contribution in [0.25, 0.3) is 0 Å². The quantitative estimate of drug-likeness (QED) is 0.615. The Kier molecular flexibility index (Phi) is 2.96. The van der Waals surface area contributed by atoms with Crippen molar-refractivity contribution in [3.63, 3.8) is 0 Å². The van der Waals surface area contributed by atoms with Crippen molar-refractivity contribution in [3.05, 3.63) is 0 Å². The SMILES string of the molecule is CN(C)S(=O)(=O)NCC1(CN)CC1. The summed E-state index contributed by atoms with van der Waals surface area (Å²) >= 11 is 0. The van der Waals surface area contributed by atoms with Crippen LogP contribution in [0.5, 0.6) is 0 Å². The Balaban J connectivity index is 2.43. The molecule has 0 spiro atoms. The summed E-state index contributed by atoms with van der Waals surface area (Å²) in [7, 11) is -0.265. The van der Waals surface area contributed by atoms with Crippen molar-refractivity contribution in [2.24, 2.45) is 11.1 Å². The van der Waals surface area contributed by atoms with Crippen molar-refractivity contribution in [2.45, 2.75) is 12.8 Å². The summed E-state index contributed by atoms with van der Waals surface area (Å²) < 4.78 is 26.3. The van der Waals surface area contributed by atoms with Gasteiger partial charge in [-0.1, -0.05) is 0 Å². The zero-order chi connectivity index (χ0) is 10.1. The lowest BCUT2D eigenvalue weighted by molar-refractivity contribution is 0.469. The molecule has 0 atom stereocenters. The van der Waals surface area contributed by atoms with Gasteiger partial charge in [-0.15, -0.1) is 0 Å². The van der Waals surface area contributed by atoms with Gasteiger partial charge in [-0.05, 0) is 24.8 Å². The van der Waals surface area contributed by atoms with E-state index in [1.807, 2.05) is 0 Å². The second-order valence-electron chi connectivity index (χ2n) is 3.81. The van der Waals surface area contributed by atoms with Crippen LogP contribution in [0.1, 0.15) is 12.8 Å². The van der Waals surface area contributed by atoms with E-state index in [1.165, 1.54) is 18.4 Å². The van der Waals surface area contributed by atoms with E-state index in [-0.39, 0.29) is 5.41 Å². The maximum Gasteiger partial charge on any atom is 0.278 e. The first kappa shape index (κ1) is 10.9. The summed E-state index contributed by atoms with van der Waals surface area (Å²) in [4.78, 5) is 0. The van der Waals surface area contributed by atoms with E-state index in [2.05, 4.69) is 4.72 Å². The second kappa shape index (κ2) is 3.53. The first-order valence-electron chi connectivity index (χ1n) is 4.29. The normalized spacial score (nSPS) is 20.6. The van der Waals surface area contributed by atoms with Gasteiger partial charge in [0, 0.05) is 20.6 Å². The van der Waals surface area contributed by atoms with Crippen molar-refractivity contribution in [1.82, 2.24) is 9.03 Å². The summed E-state index contributed by atoms with van der Waals surface area (Å²) in [6.07, 6.45) is 2.05. The van der Waals surface area contributed by atoms with E-state index in [0.717, 1.165) is 12.8 Å². The van der Waals surface area contributed by atoms with Gasteiger partial charge in [-0.2, -0.15) is 12.7 Å². The lowest BCUT2D eigenvalue weighted by Gasteiger charge is -2.16. The summed E-state index contributed by atoms with van der Waals surface area (Å²) in [5.74, 6) is 0. The predicted molar refractivity (Wildman–Crippen MR) is 51.3 cm³/mol. The molecule has 1 saturated carbocycles. The van der Waals surface area contributed by atoms with E-state index in [0.29, 0.717) is 13.1 Å². The second-order valence-corrected chi connectivity index (χ2v) is 5.78. The van der Waals surface area contributed by atoms with E-state index in [4.69, 9.17) is 5.73 Å². The minimum absolute atomic E-state index is 0.0447. The average molecular weight is 207 g/mol. The monoisotopic (exact) mass is 207 g/mol. The Morgan fingerprint density at radius 1 is 1.46 bits per heavy atom. The van der Waals surface area contributed by atoms with Gasteiger partial charge in [0.1, 0.15) is 0 Å². The van der Waals surface area contributed by atoms with E-state index in [1.54, 1.807) is 0 Å². The van der Waals surface area contributed by atoms with Crippen LogP contribution in [0.15, 0.2) is 0 Å². The van der Waals surface area contributed by atoms with Crippen LogP contribution in [0, 0.1) is 5.41 Å². The molecule has 5 nitrogen and oxygen atoms in total. The van der Waals surface area contributed by atoms with Gasteiger partial charge in [-0.25, -0.2) is 4.72 Å². The lowest BCUT2D eigenvalue weighted by Crippen LogP contribution is -2.40. The van der Waals surface area contributed by atoms with Crippen molar-refractivity contribution in [3.8, 4) is 0 Å². The topological polar surface area (TPSA) is 75.4 Å². The Hall–Kier alpha value is -0.170. The number of hydrogen-bond donors (Lipinski definition) is 2. The molecule has 0 bridgehead atoms. The third-order valence-corrected chi connectivity index (χ3v) is 3.97. The van der Waals surface area contributed by atoms with Crippen LogP contribution in [-0.4, -0.2) is 39.9 Å². The lowest BCUT2D eigenvalue weighted by atomic mass is 10.1. The average Bonchev–Trinajstić information content (AvgIpc) is 2.81. The molecule has 1 rings (SSSR count). The fraction of sp³-hybridized carbons (Fsp3) is 1.00. The van der Waals surface area contributed by atoms with Gasteiger partial charge in [0.2, 0.25) is 0 Å². The molecule has 1 fully saturated rings. The number of nitrogens with two attached hydrogens (primary N) is 1. The molecule has 13 heavy (non-hydrogen) atoms. The minimum Gasteiger partial charge on any atom is -0.330 e. The molecule has 1 aliphatic carbocycles. The van der Waals surface area contributed by atoms with Gasteiger partial charge >= 0.3 is 0 Å². The highest BCUT2D eigenvalue weighted by atomic mass is 32.2.